The van der Waals surface area contributed by atoms with Gasteiger partial charge < -0.3 is 15.9 Å². The molecule has 4 N–H and O–H groups in total. The van der Waals surface area contributed by atoms with Gasteiger partial charge in [-0.15, -0.1) is 0 Å². The lowest BCUT2D eigenvalue weighted by molar-refractivity contribution is 0.0975. The van der Waals surface area contributed by atoms with E-state index in [4.69, 9.17) is 11.5 Å². The number of primary amides is 1. The van der Waals surface area contributed by atoms with Gasteiger partial charge in [-0.3, -0.25) is 4.79 Å². The van der Waals surface area contributed by atoms with Crippen molar-refractivity contribution < 1.29 is 9.21 Å². The standard InChI is InChI=1S/C5H6N2O2/c6-4-2-1-3(9-4)5(7)8/h1-2H,6H2,(H2,7,8). The van der Waals surface area contributed by atoms with Gasteiger partial charge in [0.25, 0.3) is 5.91 Å². The van der Waals surface area contributed by atoms with Crippen LogP contribution in [-0.4, -0.2) is 5.91 Å². The first-order chi connectivity index (χ1) is 4.20. The Morgan fingerprint density at radius 2 is 2.22 bits per heavy atom. The number of hydrogen-bond donors (Lipinski definition) is 2. The summed E-state index contributed by atoms with van der Waals surface area (Å²) in [4.78, 5) is 10.3. The SMILES string of the molecule is NC(=O)c1ccc(N)o1. The van der Waals surface area contributed by atoms with E-state index in [1.807, 2.05) is 0 Å². The molecule has 1 rings (SSSR count). The second-order valence-corrected chi connectivity index (χ2v) is 1.57. The van der Waals surface area contributed by atoms with Crippen LogP contribution in [0.25, 0.3) is 0 Å². The number of rotatable bonds is 1. The number of carbonyl (C=O) groups is 1. The third-order valence-corrected chi connectivity index (χ3v) is 0.870. The van der Waals surface area contributed by atoms with Crippen LogP contribution in [0.1, 0.15) is 10.6 Å². The Hall–Kier alpha value is -1.45. The maximum Gasteiger partial charge on any atom is 0.284 e. The fourth-order valence-electron chi connectivity index (χ4n) is 0.485. The lowest BCUT2D eigenvalue weighted by Gasteiger charge is -1.83. The molecular formula is C5H6N2O2. The molecule has 0 fully saturated rings. The molecule has 0 unspecified atom stereocenters. The lowest BCUT2D eigenvalue weighted by atomic mass is 10.4. The second-order valence-electron chi connectivity index (χ2n) is 1.57. The zero-order chi connectivity index (χ0) is 6.85. The van der Waals surface area contributed by atoms with Crippen LogP contribution >= 0.6 is 0 Å². The Morgan fingerprint density at radius 3 is 2.44 bits per heavy atom. The van der Waals surface area contributed by atoms with Crippen molar-refractivity contribution in [3.63, 3.8) is 0 Å². The van der Waals surface area contributed by atoms with E-state index in [2.05, 4.69) is 4.42 Å². The third kappa shape index (κ3) is 1.02. The molecule has 4 heteroatoms. The summed E-state index contributed by atoms with van der Waals surface area (Å²) in [7, 11) is 0. The number of nitrogens with two attached hydrogens (primary N) is 2. The summed E-state index contributed by atoms with van der Waals surface area (Å²) in [5, 5.41) is 0. The lowest BCUT2D eigenvalue weighted by Crippen LogP contribution is -2.09. The number of carbonyl (C=O) groups excluding carboxylic acids is 1. The molecule has 0 aliphatic carbocycles. The zero-order valence-electron chi connectivity index (χ0n) is 4.63. The fraction of sp³-hybridized carbons (Fsp3) is 0. The molecule has 1 aromatic rings. The predicted molar refractivity (Wildman–Crippen MR) is 31.6 cm³/mol. The Bertz CT molecular complexity index is 229. The average molecular weight is 126 g/mol. The van der Waals surface area contributed by atoms with Gasteiger partial charge in [-0.05, 0) is 6.07 Å². The average Bonchev–Trinajstić information content (AvgIpc) is 2.14. The molecule has 1 aromatic heterocycles. The van der Waals surface area contributed by atoms with Crippen LogP contribution in [0.4, 0.5) is 5.88 Å². The molecule has 4 nitrogen and oxygen atoms in total. The summed E-state index contributed by atoms with van der Waals surface area (Å²) in [6.45, 7) is 0. The third-order valence-electron chi connectivity index (χ3n) is 0.870. The van der Waals surface area contributed by atoms with Gasteiger partial charge >= 0.3 is 0 Å². The highest BCUT2D eigenvalue weighted by molar-refractivity contribution is 5.90. The molecule has 0 radical (unpaired) electrons. The molecule has 1 heterocycles. The van der Waals surface area contributed by atoms with Crippen LogP contribution in [-0.2, 0) is 0 Å². The van der Waals surface area contributed by atoms with Crippen molar-refractivity contribution in [1.29, 1.82) is 0 Å². The smallest absolute Gasteiger partial charge is 0.284 e. The van der Waals surface area contributed by atoms with Crippen molar-refractivity contribution in [3.05, 3.63) is 17.9 Å². The monoisotopic (exact) mass is 126 g/mol. The van der Waals surface area contributed by atoms with Crippen molar-refractivity contribution in [1.82, 2.24) is 0 Å². The molecule has 0 aliphatic rings. The predicted octanol–water partition coefficient (Wildman–Crippen LogP) is -0.0393. The minimum atomic E-state index is -0.605. The van der Waals surface area contributed by atoms with E-state index in [1.54, 1.807) is 0 Å². The number of nitrogen functional groups attached to an aromatic ring is 1. The summed E-state index contributed by atoms with van der Waals surface area (Å²) in [6.07, 6.45) is 0. The summed E-state index contributed by atoms with van der Waals surface area (Å²) in [6, 6.07) is 2.90. The van der Waals surface area contributed by atoms with E-state index >= 15 is 0 Å². The molecular weight excluding hydrogens is 120 g/mol. The zero-order valence-corrected chi connectivity index (χ0v) is 4.63. The minimum Gasteiger partial charge on any atom is -0.436 e. The van der Waals surface area contributed by atoms with Crippen molar-refractivity contribution in [2.75, 3.05) is 5.73 Å². The van der Waals surface area contributed by atoms with Crippen molar-refractivity contribution in [2.24, 2.45) is 5.73 Å². The highest BCUT2D eigenvalue weighted by atomic mass is 16.4. The van der Waals surface area contributed by atoms with Crippen molar-refractivity contribution in [3.8, 4) is 0 Å². The molecule has 0 atom stereocenters. The first-order valence-corrected chi connectivity index (χ1v) is 2.35. The molecule has 0 spiro atoms. The molecule has 0 aromatic carbocycles. The number of furan rings is 1. The van der Waals surface area contributed by atoms with Gasteiger partial charge in [0, 0.05) is 6.07 Å². The second kappa shape index (κ2) is 1.81. The van der Waals surface area contributed by atoms with Crippen LogP contribution < -0.4 is 11.5 Å². The minimum absolute atomic E-state index is 0.0903. The van der Waals surface area contributed by atoms with E-state index in [1.165, 1.54) is 12.1 Å². The first-order valence-electron chi connectivity index (χ1n) is 2.35. The van der Waals surface area contributed by atoms with Crippen LogP contribution in [0.2, 0.25) is 0 Å². The van der Waals surface area contributed by atoms with Crippen molar-refractivity contribution in [2.45, 2.75) is 0 Å². The van der Waals surface area contributed by atoms with Gasteiger partial charge in [0.05, 0.1) is 0 Å². The summed E-state index contributed by atoms with van der Waals surface area (Å²) >= 11 is 0. The summed E-state index contributed by atoms with van der Waals surface area (Å²) < 4.78 is 4.65. The first kappa shape index (κ1) is 5.68. The molecule has 0 saturated carbocycles. The van der Waals surface area contributed by atoms with E-state index in [9.17, 15) is 4.79 Å². The Morgan fingerprint density at radius 1 is 1.56 bits per heavy atom. The Balaban J connectivity index is 2.98. The van der Waals surface area contributed by atoms with E-state index in [0.29, 0.717) is 0 Å². The van der Waals surface area contributed by atoms with Gasteiger partial charge in [0.2, 0.25) is 0 Å². The molecule has 0 aliphatic heterocycles. The molecule has 0 saturated heterocycles. The van der Waals surface area contributed by atoms with Gasteiger partial charge in [-0.1, -0.05) is 0 Å². The highest BCUT2D eigenvalue weighted by Crippen LogP contribution is 2.06. The van der Waals surface area contributed by atoms with Crippen molar-refractivity contribution >= 4 is 11.8 Å². The van der Waals surface area contributed by atoms with Crippen LogP contribution in [0.15, 0.2) is 16.5 Å². The fourth-order valence-corrected chi connectivity index (χ4v) is 0.485. The normalized spacial score (nSPS) is 9.33. The van der Waals surface area contributed by atoms with Crippen LogP contribution in [0, 0.1) is 0 Å². The van der Waals surface area contributed by atoms with E-state index in [-0.39, 0.29) is 11.6 Å². The maximum atomic E-state index is 10.3. The largest absolute Gasteiger partial charge is 0.436 e. The van der Waals surface area contributed by atoms with Gasteiger partial charge in [-0.25, -0.2) is 0 Å². The van der Waals surface area contributed by atoms with Gasteiger partial charge in [-0.2, -0.15) is 0 Å². The van der Waals surface area contributed by atoms with Crippen LogP contribution in [0.5, 0.6) is 0 Å². The highest BCUT2D eigenvalue weighted by Gasteiger charge is 2.02. The van der Waals surface area contributed by atoms with E-state index in [0.717, 1.165) is 0 Å². The van der Waals surface area contributed by atoms with Gasteiger partial charge in [0.15, 0.2) is 11.6 Å². The maximum absolute atomic E-state index is 10.3. The number of anilines is 1. The number of amides is 1. The topological polar surface area (TPSA) is 82.2 Å². The van der Waals surface area contributed by atoms with Gasteiger partial charge in [0.1, 0.15) is 0 Å². The summed E-state index contributed by atoms with van der Waals surface area (Å²) in [5.74, 6) is -0.317. The molecule has 48 valence electrons. The Kier molecular flexibility index (Phi) is 1.14. The van der Waals surface area contributed by atoms with E-state index < -0.39 is 5.91 Å². The molecule has 1 amide bonds. The summed E-state index contributed by atoms with van der Waals surface area (Å²) in [5.41, 5.74) is 9.98. The quantitative estimate of drug-likeness (QED) is 0.553. The Labute approximate surface area is 51.4 Å². The molecule has 0 bridgehead atoms. The van der Waals surface area contributed by atoms with Crippen LogP contribution in [0.3, 0.4) is 0 Å². The molecule has 9 heavy (non-hydrogen) atoms. The number of hydrogen-bond acceptors (Lipinski definition) is 3.